The minimum atomic E-state index is -0.473. The summed E-state index contributed by atoms with van der Waals surface area (Å²) in [5, 5.41) is 0.536. The van der Waals surface area contributed by atoms with E-state index in [1.165, 1.54) is 6.08 Å². The summed E-state index contributed by atoms with van der Waals surface area (Å²) in [7, 11) is 0. The van der Waals surface area contributed by atoms with Crippen LogP contribution in [0.4, 0.5) is 0 Å². The standard InChI is InChI=1S/C19H17ClN2O3/c1-2-13-25-16-10-7-15(8-11-16)19(24)22-21-18(23)12-9-14-5-3-4-6-17(14)20/h2-12H,1,13H2,(H,21,23)(H,22,24). The Morgan fingerprint density at radius 2 is 1.80 bits per heavy atom. The minimum absolute atomic E-state index is 0.388. The van der Waals surface area contributed by atoms with Crippen molar-refractivity contribution in [2.45, 2.75) is 0 Å². The number of ether oxygens (including phenoxy) is 1. The number of halogens is 1. The van der Waals surface area contributed by atoms with Crippen molar-refractivity contribution in [1.29, 1.82) is 0 Å². The lowest BCUT2D eigenvalue weighted by Crippen LogP contribution is -2.40. The monoisotopic (exact) mass is 356 g/mol. The number of amides is 2. The third-order valence-electron chi connectivity index (χ3n) is 3.10. The van der Waals surface area contributed by atoms with E-state index in [0.717, 1.165) is 0 Å². The quantitative estimate of drug-likeness (QED) is 0.473. The van der Waals surface area contributed by atoms with Gasteiger partial charge in [-0.1, -0.05) is 42.5 Å². The van der Waals surface area contributed by atoms with Crippen LogP contribution in [0.15, 0.2) is 67.3 Å². The third-order valence-corrected chi connectivity index (χ3v) is 3.45. The summed E-state index contributed by atoms with van der Waals surface area (Å²) >= 11 is 5.99. The maximum Gasteiger partial charge on any atom is 0.269 e. The van der Waals surface area contributed by atoms with Crippen LogP contribution in [-0.2, 0) is 4.79 Å². The molecule has 0 heterocycles. The van der Waals surface area contributed by atoms with Crippen LogP contribution in [0.5, 0.6) is 5.75 Å². The van der Waals surface area contributed by atoms with E-state index in [9.17, 15) is 9.59 Å². The number of rotatable bonds is 6. The van der Waals surface area contributed by atoms with Crippen molar-refractivity contribution in [1.82, 2.24) is 10.9 Å². The van der Waals surface area contributed by atoms with Crippen LogP contribution in [0, 0.1) is 0 Å². The molecule has 0 spiro atoms. The molecule has 25 heavy (non-hydrogen) atoms. The number of carbonyl (C=O) groups is 2. The Balaban J connectivity index is 1.85. The normalized spacial score (nSPS) is 10.3. The predicted octanol–water partition coefficient (Wildman–Crippen LogP) is 3.38. The predicted molar refractivity (Wildman–Crippen MR) is 98.2 cm³/mol. The summed E-state index contributed by atoms with van der Waals surface area (Å²) in [4.78, 5) is 23.7. The zero-order chi connectivity index (χ0) is 18.1. The fraction of sp³-hybridized carbons (Fsp3) is 0.0526. The van der Waals surface area contributed by atoms with Gasteiger partial charge in [0.15, 0.2) is 0 Å². The number of hydrogen-bond acceptors (Lipinski definition) is 3. The Bertz CT molecular complexity index is 786. The minimum Gasteiger partial charge on any atom is -0.490 e. The molecule has 2 amide bonds. The molecule has 0 unspecified atom stereocenters. The van der Waals surface area contributed by atoms with Crippen LogP contribution in [0.1, 0.15) is 15.9 Å². The van der Waals surface area contributed by atoms with Gasteiger partial charge in [-0.3, -0.25) is 20.4 Å². The Labute approximate surface area is 150 Å². The summed E-state index contributed by atoms with van der Waals surface area (Å²) < 4.78 is 5.33. The van der Waals surface area contributed by atoms with Gasteiger partial charge in [0.05, 0.1) is 0 Å². The van der Waals surface area contributed by atoms with Gasteiger partial charge in [-0.05, 0) is 42.0 Å². The number of carbonyl (C=O) groups excluding carboxylic acids is 2. The van der Waals surface area contributed by atoms with E-state index in [1.807, 2.05) is 6.07 Å². The van der Waals surface area contributed by atoms with Crippen LogP contribution in [0.25, 0.3) is 6.08 Å². The van der Waals surface area contributed by atoms with Crippen molar-refractivity contribution in [2.75, 3.05) is 6.61 Å². The first-order chi connectivity index (χ1) is 12.1. The topological polar surface area (TPSA) is 67.4 Å². The molecule has 0 fully saturated rings. The molecule has 5 nitrogen and oxygen atoms in total. The third kappa shape index (κ3) is 5.82. The summed E-state index contributed by atoms with van der Waals surface area (Å²) in [5.41, 5.74) is 5.74. The molecule has 2 aromatic carbocycles. The molecule has 0 atom stereocenters. The summed E-state index contributed by atoms with van der Waals surface area (Å²) in [5.74, 6) is -0.280. The molecule has 0 bridgehead atoms. The summed E-state index contributed by atoms with van der Waals surface area (Å²) in [6.45, 7) is 3.95. The maximum absolute atomic E-state index is 12.0. The molecule has 2 rings (SSSR count). The molecule has 0 saturated carbocycles. The van der Waals surface area contributed by atoms with Crippen molar-refractivity contribution in [2.24, 2.45) is 0 Å². The molecular formula is C19H17ClN2O3. The number of benzene rings is 2. The lowest BCUT2D eigenvalue weighted by Gasteiger charge is -2.07. The lowest BCUT2D eigenvalue weighted by atomic mass is 10.2. The van der Waals surface area contributed by atoms with E-state index in [2.05, 4.69) is 17.4 Å². The molecular weight excluding hydrogens is 340 g/mol. The highest BCUT2D eigenvalue weighted by molar-refractivity contribution is 6.32. The highest BCUT2D eigenvalue weighted by atomic mass is 35.5. The fourth-order valence-corrected chi connectivity index (χ4v) is 2.06. The van der Waals surface area contributed by atoms with Crippen LogP contribution < -0.4 is 15.6 Å². The van der Waals surface area contributed by atoms with Crippen LogP contribution in [0.2, 0.25) is 5.02 Å². The van der Waals surface area contributed by atoms with Crippen LogP contribution in [-0.4, -0.2) is 18.4 Å². The smallest absolute Gasteiger partial charge is 0.269 e. The molecule has 0 aliphatic carbocycles. The van der Waals surface area contributed by atoms with Gasteiger partial charge < -0.3 is 4.74 Å². The van der Waals surface area contributed by atoms with Crippen molar-refractivity contribution in [3.8, 4) is 5.75 Å². The first-order valence-corrected chi connectivity index (χ1v) is 7.84. The number of nitrogens with one attached hydrogen (secondary N) is 2. The average molecular weight is 357 g/mol. The fourth-order valence-electron chi connectivity index (χ4n) is 1.87. The first-order valence-electron chi connectivity index (χ1n) is 7.47. The summed E-state index contributed by atoms with van der Waals surface area (Å²) in [6.07, 6.45) is 4.48. The summed E-state index contributed by atoms with van der Waals surface area (Å²) in [6, 6.07) is 13.6. The second kappa shape index (κ2) is 9.30. The molecule has 128 valence electrons. The molecule has 0 aliphatic rings. The number of hydrogen-bond donors (Lipinski definition) is 2. The van der Waals surface area contributed by atoms with Gasteiger partial charge in [0.25, 0.3) is 11.8 Å². The zero-order valence-corrected chi connectivity index (χ0v) is 14.1. The van der Waals surface area contributed by atoms with E-state index in [-0.39, 0.29) is 0 Å². The van der Waals surface area contributed by atoms with Gasteiger partial charge in [-0.2, -0.15) is 0 Å². The highest BCUT2D eigenvalue weighted by Crippen LogP contribution is 2.16. The Hall–Kier alpha value is -3.05. The second-order valence-corrected chi connectivity index (χ2v) is 5.33. The van der Waals surface area contributed by atoms with E-state index < -0.39 is 11.8 Å². The molecule has 0 saturated heterocycles. The molecule has 2 N–H and O–H groups in total. The Morgan fingerprint density at radius 1 is 1.08 bits per heavy atom. The van der Waals surface area contributed by atoms with Crippen LogP contribution >= 0.6 is 11.6 Å². The van der Waals surface area contributed by atoms with Crippen molar-refractivity contribution in [3.05, 3.63) is 83.4 Å². The Morgan fingerprint density at radius 3 is 2.48 bits per heavy atom. The van der Waals surface area contributed by atoms with Crippen molar-refractivity contribution < 1.29 is 14.3 Å². The SMILES string of the molecule is C=CCOc1ccc(C(=O)NNC(=O)C=Cc2ccccc2Cl)cc1. The van der Waals surface area contributed by atoms with E-state index in [1.54, 1.807) is 54.6 Å². The molecule has 0 aromatic heterocycles. The van der Waals surface area contributed by atoms with Crippen LogP contribution in [0.3, 0.4) is 0 Å². The van der Waals surface area contributed by atoms with Gasteiger partial charge in [0.2, 0.25) is 0 Å². The molecule has 0 aliphatic heterocycles. The average Bonchev–Trinajstić information content (AvgIpc) is 2.64. The van der Waals surface area contributed by atoms with Crippen molar-refractivity contribution in [3.63, 3.8) is 0 Å². The van der Waals surface area contributed by atoms with Crippen molar-refractivity contribution >= 4 is 29.5 Å². The highest BCUT2D eigenvalue weighted by Gasteiger charge is 2.06. The molecule has 6 heteroatoms. The molecule has 2 aromatic rings. The zero-order valence-electron chi connectivity index (χ0n) is 13.4. The first kappa shape index (κ1) is 18.3. The van der Waals surface area contributed by atoms with Gasteiger partial charge in [0, 0.05) is 16.7 Å². The van der Waals surface area contributed by atoms with E-state index in [4.69, 9.17) is 16.3 Å². The molecule has 0 radical (unpaired) electrons. The Kier molecular flexibility index (Phi) is 6.80. The second-order valence-electron chi connectivity index (χ2n) is 4.92. The van der Waals surface area contributed by atoms with Gasteiger partial charge >= 0.3 is 0 Å². The van der Waals surface area contributed by atoms with Gasteiger partial charge in [0.1, 0.15) is 12.4 Å². The van der Waals surface area contributed by atoms with E-state index in [0.29, 0.717) is 28.5 Å². The van der Waals surface area contributed by atoms with Gasteiger partial charge in [-0.15, -0.1) is 0 Å². The van der Waals surface area contributed by atoms with Gasteiger partial charge in [-0.25, -0.2) is 0 Å². The lowest BCUT2D eigenvalue weighted by molar-refractivity contribution is -0.117. The van der Waals surface area contributed by atoms with E-state index >= 15 is 0 Å². The largest absolute Gasteiger partial charge is 0.490 e. The maximum atomic E-state index is 12.0. The number of hydrazine groups is 1.